The molecule has 4 rings (SSSR count). The fraction of sp³-hybridized carbons (Fsp3) is 0.133. The second kappa shape index (κ2) is 9.25. The minimum Gasteiger partial charge on any atom is -0.275 e. The maximum atomic E-state index is 4.61. The van der Waals surface area contributed by atoms with E-state index >= 15 is 0 Å². The first-order valence-electron chi connectivity index (χ1n) is 11.1. The van der Waals surface area contributed by atoms with Crippen molar-refractivity contribution >= 4 is 5.57 Å². The van der Waals surface area contributed by atoms with Crippen LogP contribution in [0.5, 0.6) is 0 Å². The third kappa shape index (κ3) is 4.63. The van der Waals surface area contributed by atoms with Crippen LogP contribution < -0.4 is 0 Å². The Bertz CT molecular complexity index is 1280. The molecule has 0 atom stereocenters. The Labute approximate surface area is 196 Å². The van der Waals surface area contributed by atoms with E-state index in [1.54, 1.807) is 6.08 Å². The predicted molar refractivity (Wildman–Crippen MR) is 139 cm³/mol. The van der Waals surface area contributed by atoms with Crippen LogP contribution in [-0.4, -0.2) is 14.8 Å². The Hall–Kier alpha value is -3.98. The van der Waals surface area contributed by atoms with Crippen LogP contribution in [0, 0.1) is 0 Å². The zero-order valence-electron chi connectivity index (χ0n) is 19.5. The van der Waals surface area contributed by atoms with Gasteiger partial charge in [0.1, 0.15) is 0 Å². The topological polar surface area (TPSA) is 30.7 Å². The Balaban J connectivity index is 1.82. The number of nitrogens with zero attached hydrogens (tertiary/aromatic N) is 3. The summed E-state index contributed by atoms with van der Waals surface area (Å²) in [5, 5.41) is 9.21. The first-order valence-corrected chi connectivity index (χ1v) is 11.1. The second-order valence-electron chi connectivity index (χ2n) is 8.98. The standard InChI is InChI=1S/C30H29N3/c1-6-11-22(7-2)23-14-16-24(17-15-23)28-31-32-29(33(28)27-12-9-8-10-13-27)25-18-20-26(21-19-25)30(3,4)5/h6-21H,1-2H2,3-5H3/b22-11+. The number of allylic oxidation sites excluding steroid dienone is 4. The molecular weight excluding hydrogens is 402 g/mol. The third-order valence-corrected chi connectivity index (χ3v) is 5.68. The van der Waals surface area contributed by atoms with Crippen molar-refractivity contribution in [1.29, 1.82) is 0 Å². The summed E-state index contributed by atoms with van der Waals surface area (Å²) in [5.41, 5.74) is 6.55. The minimum absolute atomic E-state index is 0.100. The van der Waals surface area contributed by atoms with E-state index in [1.165, 1.54) is 5.56 Å². The summed E-state index contributed by atoms with van der Waals surface area (Å²) in [6.07, 6.45) is 5.56. The summed E-state index contributed by atoms with van der Waals surface area (Å²) < 4.78 is 2.12. The average Bonchev–Trinajstić information content (AvgIpc) is 3.28. The maximum absolute atomic E-state index is 4.61. The van der Waals surface area contributed by atoms with E-state index in [1.807, 2.05) is 30.4 Å². The Kier molecular flexibility index (Phi) is 6.23. The third-order valence-electron chi connectivity index (χ3n) is 5.68. The molecule has 0 fully saturated rings. The van der Waals surface area contributed by atoms with Gasteiger partial charge in [-0.1, -0.05) is 119 Å². The highest BCUT2D eigenvalue weighted by atomic mass is 15.3. The molecule has 3 heteroatoms. The molecule has 164 valence electrons. The van der Waals surface area contributed by atoms with Crippen molar-refractivity contribution in [3.05, 3.63) is 121 Å². The maximum Gasteiger partial charge on any atom is 0.168 e. The van der Waals surface area contributed by atoms with Crippen LogP contribution in [0.2, 0.25) is 0 Å². The Morgan fingerprint density at radius 1 is 0.758 bits per heavy atom. The lowest BCUT2D eigenvalue weighted by atomic mass is 9.86. The van der Waals surface area contributed by atoms with E-state index in [9.17, 15) is 0 Å². The molecule has 33 heavy (non-hydrogen) atoms. The van der Waals surface area contributed by atoms with Crippen LogP contribution >= 0.6 is 0 Å². The molecule has 0 saturated heterocycles. The Morgan fingerprint density at radius 2 is 1.30 bits per heavy atom. The van der Waals surface area contributed by atoms with Gasteiger partial charge in [-0.25, -0.2) is 0 Å². The molecule has 0 saturated carbocycles. The fourth-order valence-corrected chi connectivity index (χ4v) is 3.82. The molecule has 0 bridgehead atoms. The van der Waals surface area contributed by atoms with Crippen LogP contribution in [0.15, 0.2) is 110 Å². The van der Waals surface area contributed by atoms with Gasteiger partial charge in [0.15, 0.2) is 11.6 Å². The molecule has 0 unspecified atom stereocenters. The molecule has 1 aromatic heterocycles. The van der Waals surface area contributed by atoms with Crippen molar-refractivity contribution in [3.8, 4) is 28.5 Å². The first kappa shape index (κ1) is 22.2. The molecule has 0 N–H and O–H groups in total. The largest absolute Gasteiger partial charge is 0.275 e. The molecule has 3 aromatic carbocycles. The van der Waals surface area contributed by atoms with Crippen molar-refractivity contribution in [3.63, 3.8) is 0 Å². The molecule has 3 nitrogen and oxygen atoms in total. The summed E-state index contributed by atoms with van der Waals surface area (Å²) in [4.78, 5) is 0. The Morgan fingerprint density at radius 3 is 1.79 bits per heavy atom. The van der Waals surface area contributed by atoms with Crippen LogP contribution in [0.3, 0.4) is 0 Å². The molecule has 4 aromatic rings. The van der Waals surface area contributed by atoms with E-state index < -0.39 is 0 Å². The van der Waals surface area contributed by atoms with Gasteiger partial charge >= 0.3 is 0 Å². The quantitative estimate of drug-likeness (QED) is 0.293. The molecule has 0 aliphatic carbocycles. The van der Waals surface area contributed by atoms with Gasteiger partial charge in [-0.3, -0.25) is 4.57 Å². The molecule has 0 spiro atoms. The molecule has 0 aliphatic rings. The predicted octanol–water partition coefficient (Wildman–Crippen LogP) is 7.65. The van der Waals surface area contributed by atoms with E-state index in [-0.39, 0.29) is 5.41 Å². The molecule has 0 radical (unpaired) electrons. The number of benzene rings is 3. The number of hydrogen-bond donors (Lipinski definition) is 0. The number of aromatic nitrogens is 3. The monoisotopic (exact) mass is 431 g/mol. The zero-order chi connectivity index (χ0) is 23.4. The first-order chi connectivity index (χ1) is 15.9. The SMILES string of the molecule is C=C/C=C(\C=C)c1ccc(-c2nnc(-c3ccc(C(C)(C)C)cc3)n2-c2ccccc2)cc1. The second-order valence-corrected chi connectivity index (χ2v) is 8.98. The van der Waals surface area contributed by atoms with Crippen LogP contribution in [0.1, 0.15) is 31.9 Å². The lowest BCUT2D eigenvalue weighted by Gasteiger charge is -2.19. The van der Waals surface area contributed by atoms with E-state index in [0.29, 0.717) is 0 Å². The average molecular weight is 432 g/mol. The normalized spacial score (nSPS) is 11.9. The van der Waals surface area contributed by atoms with Gasteiger partial charge in [-0.15, -0.1) is 10.2 Å². The summed E-state index contributed by atoms with van der Waals surface area (Å²) >= 11 is 0. The van der Waals surface area contributed by atoms with Gasteiger partial charge in [0.05, 0.1) is 0 Å². The van der Waals surface area contributed by atoms with Crippen molar-refractivity contribution in [2.45, 2.75) is 26.2 Å². The smallest absolute Gasteiger partial charge is 0.168 e. The minimum atomic E-state index is 0.100. The highest BCUT2D eigenvalue weighted by Crippen LogP contribution is 2.31. The molecule has 1 heterocycles. The van der Waals surface area contributed by atoms with E-state index in [2.05, 4.69) is 109 Å². The van der Waals surface area contributed by atoms with Gasteiger partial charge in [0, 0.05) is 16.8 Å². The van der Waals surface area contributed by atoms with Crippen molar-refractivity contribution in [2.75, 3.05) is 0 Å². The van der Waals surface area contributed by atoms with Crippen molar-refractivity contribution in [2.24, 2.45) is 0 Å². The lowest BCUT2D eigenvalue weighted by molar-refractivity contribution is 0.590. The summed E-state index contributed by atoms with van der Waals surface area (Å²) in [5.74, 6) is 1.62. The molecule has 0 amide bonds. The molecular formula is C30H29N3. The summed E-state index contributed by atoms with van der Waals surface area (Å²) in [6, 6.07) is 27.2. The van der Waals surface area contributed by atoms with Crippen molar-refractivity contribution in [1.82, 2.24) is 14.8 Å². The van der Waals surface area contributed by atoms with Crippen LogP contribution in [-0.2, 0) is 5.41 Å². The number of para-hydroxylation sites is 1. The van der Waals surface area contributed by atoms with E-state index in [0.717, 1.165) is 39.6 Å². The number of rotatable bonds is 6. The lowest BCUT2D eigenvalue weighted by Crippen LogP contribution is -2.10. The summed E-state index contributed by atoms with van der Waals surface area (Å²) in [7, 11) is 0. The highest BCUT2D eigenvalue weighted by Gasteiger charge is 2.19. The zero-order valence-corrected chi connectivity index (χ0v) is 19.5. The van der Waals surface area contributed by atoms with Crippen LogP contribution in [0.25, 0.3) is 34.0 Å². The van der Waals surface area contributed by atoms with E-state index in [4.69, 9.17) is 0 Å². The number of hydrogen-bond acceptors (Lipinski definition) is 2. The molecule has 0 aliphatic heterocycles. The van der Waals surface area contributed by atoms with Gasteiger partial charge in [0.2, 0.25) is 0 Å². The van der Waals surface area contributed by atoms with Gasteiger partial charge in [0.25, 0.3) is 0 Å². The van der Waals surface area contributed by atoms with Gasteiger partial charge in [-0.05, 0) is 34.2 Å². The highest BCUT2D eigenvalue weighted by molar-refractivity contribution is 5.76. The fourth-order valence-electron chi connectivity index (χ4n) is 3.82. The van der Waals surface area contributed by atoms with Crippen molar-refractivity contribution < 1.29 is 0 Å². The summed E-state index contributed by atoms with van der Waals surface area (Å²) in [6.45, 7) is 14.4. The van der Waals surface area contributed by atoms with Gasteiger partial charge in [-0.2, -0.15) is 0 Å². The van der Waals surface area contributed by atoms with Gasteiger partial charge < -0.3 is 0 Å². The van der Waals surface area contributed by atoms with Crippen LogP contribution in [0.4, 0.5) is 0 Å².